The molecule has 1 heterocycles. The zero-order chi connectivity index (χ0) is 38.5. The lowest BCUT2D eigenvalue weighted by Crippen LogP contribution is -2.59. The van der Waals surface area contributed by atoms with Gasteiger partial charge in [-0.3, -0.25) is 24.0 Å². The van der Waals surface area contributed by atoms with E-state index in [9.17, 15) is 28.8 Å². The molecule has 1 aromatic rings. The van der Waals surface area contributed by atoms with Gasteiger partial charge in [0.05, 0.1) is 30.9 Å². The van der Waals surface area contributed by atoms with Gasteiger partial charge in [-0.1, -0.05) is 84.7 Å². The van der Waals surface area contributed by atoms with Crippen LogP contribution in [0.15, 0.2) is 30.3 Å². The van der Waals surface area contributed by atoms with Gasteiger partial charge in [-0.15, -0.1) is 0 Å². The predicted molar refractivity (Wildman–Crippen MR) is 193 cm³/mol. The standard InChI is InChI=1S/C37H60N6O8/c1-10-11-17-27(30(45)33(47)40-20-29(44)39-19-26(38)24-15-13-12-14-16-24)41-32(46)28-18-25(51-37(7,8)9)21-43(28)34(48)31(36(4,5)6)42-35(49)50-22-23(2)3/h12-16,23,25-28,31H,10-11,17-22,38H2,1-9H3,(H,39,44)(H,40,47)(H,41,46)(H,42,49). The zero-order valence-electron chi connectivity index (χ0n) is 31.8. The second kappa shape index (κ2) is 19.5. The molecule has 0 radical (unpaired) electrons. The second-order valence-corrected chi connectivity index (χ2v) is 15.6. The van der Waals surface area contributed by atoms with Crippen molar-refractivity contribution in [3.63, 3.8) is 0 Å². The number of rotatable bonds is 17. The van der Waals surface area contributed by atoms with Crippen molar-refractivity contribution in [3.05, 3.63) is 35.9 Å². The van der Waals surface area contributed by atoms with Gasteiger partial charge < -0.3 is 41.4 Å². The zero-order valence-corrected chi connectivity index (χ0v) is 31.8. The number of ketones is 1. The number of carbonyl (C=O) groups excluding carboxylic acids is 6. The Balaban J connectivity index is 2.19. The van der Waals surface area contributed by atoms with E-state index >= 15 is 0 Å². The van der Waals surface area contributed by atoms with Gasteiger partial charge in [0.25, 0.3) is 5.91 Å². The first-order valence-electron chi connectivity index (χ1n) is 17.8. The van der Waals surface area contributed by atoms with Crippen molar-refractivity contribution in [3.8, 4) is 0 Å². The highest BCUT2D eigenvalue weighted by Crippen LogP contribution is 2.29. The Bertz CT molecular complexity index is 1340. The van der Waals surface area contributed by atoms with Crippen LogP contribution >= 0.6 is 0 Å². The molecule has 5 amide bonds. The molecule has 5 atom stereocenters. The Hall–Kier alpha value is -4.04. The molecule has 1 aliphatic heterocycles. The SMILES string of the molecule is CCCCC(NC(=O)C1CC(OC(C)(C)C)CN1C(=O)C(NC(=O)OCC(C)C)C(C)(C)C)C(=O)C(=O)NCC(=O)NCC(N)c1ccccc1. The summed E-state index contributed by atoms with van der Waals surface area (Å²) in [5.41, 5.74) is 5.62. The maximum atomic E-state index is 14.2. The van der Waals surface area contributed by atoms with Crippen LogP contribution in [0.1, 0.15) is 99.6 Å². The van der Waals surface area contributed by atoms with Crippen LogP contribution in [0, 0.1) is 11.3 Å². The molecule has 2 rings (SSSR count). The number of Topliss-reactive ketones (excluding diaryl/α,β-unsaturated/α-hetero) is 1. The van der Waals surface area contributed by atoms with Crippen LogP contribution in [-0.2, 0) is 33.4 Å². The Morgan fingerprint density at radius 2 is 1.61 bits per heavy atom. The third-order valence-corrected chi connectivity index (χ3v) is 8.15. The van der Waals surface area contributed by atoms with Crippen molar-refractivity contribution in [2.24, 2.45) is 17.1 Å². The summed E-state index contributed by atoms with van der Waals surface area (Å²) in [5.74, 6) is -3.51. The quantitative estimate of drug-likeness (QED) is 0.151. The minimum absolute atomic E-state index is 0.0700. The molecule has 14 heteroatoms. The molecule has 5 unspecified atom stereocenters. The lowest BCUT2D eigenvalue weighted by atomic mass is 9.85. The largest absolute Gasteiger partial charge is 0.449 e. The van der Waals surface area contributed by atoms with E-state index in [4.69, 9.17) is 15.2 Å². The number of hydrogen-bond donors (Lipinski definition) is 5. The van der Waals surface area contributed by atoms with E-state index in [-0.39, 0.29) is 38.5 Å². The number of benzene rings is 1. The molecule has 0 bridgehead atoms. The van der Waals surface area contributed by atoms with E-state index < -0.39 is 83.3 Å². The van der Waals surface area contributed by atoms with Gasteiger partial charge in [-0.2, -0.15) is 0 Å². The molecule has 1 aromatic carbocycles. The first-order valence-corrected chi connectivity index (χ1v) is 17.8. The molecule has 286 valence electrons. The van der Waals surface area contributed by atoms with E-state index in [1.165, 1.54) is 4.90 Å². The molecule has 1 fully saturated rings. The average Bonchev–Trinajstić information content (AvgIpc) is 3.47. The van der Waals surface area contributed by atoms with Crippen molar-refractivity contribution in [1.82, 2.24) is 26.2 Å². The Labute approximate surface area is 302 Å². The number of nitrogens with zero attached hydrogens (tertiary/aromatic N) is 1. The first kappa shape index (κ1) is 43.1. The monoisotopic (exact) mass is 716 g/mol. The molecular weight excluding hydrogens is 656 g/mol. The van der Waals surface area contributed by atoms with E-state index in [0.717, 1.165) is 5.56 Å². The smallest absolute Gasteiger partial charge is 0.407 e. The molecule has 0 aromatic heterocycles. The Morgan fingerprint density at radius 1 is 0.961 bits per heavy atom. The highest BCUT2D eigenvalue weighted by molar-refractivity contribution is 6.38. The van der Waals surface area contributed by atoms with Gasteiger partial charge in [0.2, 0.25) is 23.5 Å². The minimum atomic E-state index is -1.20. The summed E-state index contributed by atoms with van der Waals surface area (Å²) in [6, 6.07) is 5.46. The molecule has 0 spiro atoms. The molecular formula is C37H60N6O8. The van der Waals surface area contributed by atoms with Crippen LogP contribution in [0.3, 0.4) is 0 Å². The lowest BCUT2D eigenvalue weighted by Gasteiger charge is -2.35. The third kappa shape index (κ3) is 14.6. The van der Waals surface area contributed by atoms with Crippen LogP contribution in [0.4, 0.5) is 4.79 Å². The molecule has 14 nitrogen and oxygen atoms in total. The number of ether oxygens (including phenoxy) is 2. The van der Waals surface area contributed by atoms with Gasteiger partial charge in [0.1, 0.15) is 12.1 Å². The average molecular weight is 717 g/mol. The number of nitrogens with one attached hydrogen (secondary N) is 4. The maximum Gasteiger partial charge on any atom is 0.407 e. The van der Waals surface area contributed by atoms with Crippen molar-refractivity contribution >= 4 is 35.5 Å². The number of amides is 5. The lowest BCUT2D eigenvalue weighted by molar-refractivity contribution is -0.144. The van der Waals surface area contributed by atoms with Crippen molar-refractivity contribution < 1.29 is 38.2 Å². The predicted octanol–water partition coefficient (Wildman–Crippen LogP) is 2.74. The summed E-state index contributed by atoms with van der Waals surface area (Å²) in [4.78, 5) is 80.9. The molecule has 0 saturated carbocycles. The second-order valence-electron chi connectivity index (χ2n) is 15.6. The van der Waals surface area contributed by atoms with Crippen molar-refractivity contribution in [2.75, 3.05) is 26.2 Å². The first-order chi connectivity index (χ1) is 23.7. The summed E-state index contributed by atoms with van der Waals surface area (Å²) in [6.45, 7) is 16.6. The van der Waals surface area contributed by atoms with E-state index in [2.05, 4.69) is 21.3 Å². The molecule has 1 aliphatic rings. The summed E-state index contributed by atoms with van der Waals surface area (Å²) >= 11 is 0. The van der Waals surface area contributed by atoms with Crippen molar-refractivity contribution in [1.29, 1.82) is 0 Å². The number of likely N-dealkylation sites (tertiary alicyclic amines) is 1. The molecule has 0 aliphatic carbocycles. The van der Waals surface area contributed by atoms with Gasteiger partial charge in [0.15, 0.2) is 0 Å². The van der Waals surface area contributed by atoms with Crippen LogP contribution in [0.25, 0.3) is 0 Å². The number of alkyl carbamates (subject to hydrolysis) is 1. The molecule has 51 heavy (non-hydrogen) atoms. The van der Waals surface area contributed by atoms with Crippen LogP contribution < -0.4 is 27.0 Å². The topological polar surface area (TPSA) is 198 Å². The molecule has 1 saturated heterocycles. The fourth-order valence-corrected chi connectivity index (χ4v) is 5.55. The van der Waals surface area contributed by atoms with E-state index in [1.807, 2.05) is 71.9 Å². The number of nitrogens with two attached hydrogens (primary N) is 1. The van der Waals surface area contributed by atoms with Gasteiger partial charge in [-0.25, -0.2) is 4.79 Å². The van der Waals surface area contributed by atoms with Crippen LogP contribution in [0.2, 0.25) is 0 Å². The Morgan fingerprint density at radius 3 is 2.18 bits per heavy atom. The van der Waals surface area contributed by atoms with Gasteiger partial charge >= 0.3 is 6.09 Å². The fraction of sp³-hybridized carbons (Fsp3) is 0.676. The molecule has 6 N–H and O–H groups in total. The number of unbranched alkanes of at least 4 members (excludes halogenated alkanes) is 1. The summed E-state index contributed by atoms with van der Waals surface area (Å²) in [7, 11) is 0. The van der Waals surface area contributed by atoms with Crippen molar-refractivity contribution in [2.45, 2.75) is 124 Å². The maximum absolute atomic E-state index is 14.2. The fourth-order valence-electron chi connectivity index (χ4n) is 5.55. The number of carbonyl (C=O) groups is 6. The summed E-state index contributed by atoms with van der Waals surface area (Å²) < 4.78 is 11.5. The van der Waals surface area contributed by atoms with Gasteiger partial charge in [0, 0.05) is 25.6 Å². The van der Waals surface area contributed by atoms with E-state index in [0.29, 0.717) is 12.8 Å². The normalized spacial score (nSPS) is 18.0. The summed E-state index contributed by atoms with van der Waals surface area (Å²) in [5, 5.41) is 10.4. The Kier molecular flexibility index (Phi) is 16.5. The third-order valence-electron chi connectivity index (χ3n) is 8.15. The highest BCUT2D eigenvalue weighted by atomic mass is 16.5. The van der Waals surface area contributed by atoms with Gasteiger partial charge in [-0.05, 0) is 44.1 Å². The van der Waals surface area contributed by atoms with E-state index in [1.54, 1.807) is 20.8 Å². The summed E-state index contributed by atoms with van der Waals surface area (Å²) in [6.07, 6.45) is 0.258. The van der Waals surface area contributed by atoms with Crippen LogP contribution in [0.5, 0.6) is 0 Å². The number of hydrogen-bond acceptors (Lipinski definition) is 9. The van der Waals surface area contributed by atoms with Crippen LogP contribution in [-0.4, -0.2) is 96.5 Å². The highest BCUT2D eigenvalue weighted by Gasteiger charge is 2.47. The minimum Gasteiger partial charge on any atom is -0.449 e.